The number of ketones is 1. The van der Waals surface area contributed by atoms with E-state index in [0.29, 0.717) is 12.3 Å². The average Bonchev–Trinajstić information content (AvgIpc) is 2.22. The molecule has 2 rings (SSSR count). The number of halogens is 2. The van der Waals surface area contributed by atoms with E-state index in [9.17, 15) is 4.79 Å². The molecule has 0 atom stereocenters. The Labute approximate surface area is 109 Å². The van der Waals surface area contributed by atoms with Gasteiger partial charge in [0.15, 0.2) is 0 Å². The lowest BCUT2D eigenvalue weighted by Gasteiger charge is -2.25. The summed E-state index contributed by atoms with van der Waals surface area (Å²) in [5.41, 5.74) is 1.08. The Kier molecular flexibility index (Phi) is 4.00. The van der Waals surface area contributed by atoms with Crippen LogP contribution in [0.2, 0.25) is 5.02 Å². The highest BCUT2D eigenvalue weighted by molar-refractivity contribution is 9.10. The Balaban J connectivity index is 2.05. The molecule has 86 valence electrons. The van der Waals surface area contributed by atoms with Crippen molar-refractivity contribution in [1.29, 1.82) is 0 Å². The van der Waals surface area contributed by atoms with Crippen molar-refractivity contribution in [2.75, 3.05) is 13.1 Å². The van der Waals surface area contributed by atoms with Gasteiger partial charge in [-0.1, -0.05) is 33.6 Å². The van der Waals surface area contributed by atoms with E-state index in [1.54, 1.807) is 0 Å². The van der Waals surface area contributed by atoms with Gasteiger partial charge in [-0.2, -0.15) is 0 Å². The highest BCUT2D eigenvalue weighted by Crippen LogP contribution is 2.23. The summed E-state index contributed by atoms with van der Waals surface area (Å²) in [5.74, 6) is 0.333. The Morgan fingerprint density at radius 3 is 2.94 bits per heavy atom. The molecule has 1 heterocycles. The minimum Gasteiger partial charge on any atom is -0.298 e. The molecule has 0 aromatic heterocycles. The molecule has 0 aliphatic carbocycles. The van der Waals surface area contributed by atoms with E-state index in [0.717, 1.165) is 41.0 Å². The third kappa shape index (κ3) is 3.06. The van der Waals surface area contributed by atoms with Crippen molar-refractivity contribution < 1.29 is 4.79 Å². The normalized spacial score (nSPS) is 17.8. The van der Waals surface area contributed by atoms with Crippen molar-refractivity contribution in [2.45, 2.75) is 19.4 Å². The summed E-state index contributed by atoms with van der Waals surface area (Å²) in [6.45, 7) is 2.31. The molecule has 0 bridgehead atoms. The number of nitrogens with zero attached hydrogens (tertiary/aromatic N) is 1. The molecule has 2 nitrogen and oxygen atoms in total. The summed E-state index contributed by atoms with van der Waals surface area (Å²) in [6, 6.07) is 5.88. The van der Waals surface area contributed by atoms with E-state index >= 15 is 0 Å². The Hall–Kier alpha value is -0.380. The summed E-state index contributed by atoms with van der Waals surface area (Å²) in [4.78, 5) is 13.5. The van der Waals surface area contributed by atoms with E-state index in [1.165, 1.54) is 0 Å². The second-order valence-electron chi connectivity index (χ2n) is 4.09. The minimum absolute atomic E-state index is 0.333. The first-order valence-electron chi connectivity index (χ1n) is 5.33. The molecule has 4 heteroatoms. The van der Waals surface area contributed by atoms with Gasteiger partial charge in [0, 0.05) is 22.5 Å². The van der Waals surface area contributed by atoms with Crippen LogP contribution in [0.1, 0.15) is 18.4 Å². The highest BCUT2D eigenvalue weighted by Gasteiger charge is 2.17. The van der Waals surface area contributed by atoms with Crippen LogP contribution in [0.4, 0.5) is 0 Å². The molecule has 1 aliphatic rings. The zero-order valence-corrected chi connectivity index (χ0v) is 11.2. The SMILES string of the molecule is O=C1CCCN(Cc2ccc(Br)cc2Cl)C1. The van der Waals surface area contributed by atoms with Crippen molar-refractivity contribution in [3.63, 3.8) is 0 Å². The Morgan fingerprint density at radius 2 is 2.25 bits per heavy atom. The molecule has 0 N–H and O–H groups in total. The van der Waals surface area contributed by atoms with Crippen LogP contribution in [0.3, 0.4) is 0 Å². The molecule has 1 saturated heterocycles. The summed E-state index contributed by atoms with van der Waals surface area (Å²) in [7, 11) is 0. The monoisotopic (exact) mass is 301 g/mol. The van der Waals surface area contributed by atoms with Crippen molar-refractivity contribution in [1.82, 2.24) is 4.90 Å². The van der Waals surface area contributed by atoms with E-state index < -0.39 is 0 Å². The maximum absolute atomic E-state index is 11.3. The number of likely N-dealkylation sites (tertiary alicyclic amines) is 1. The summed E-state index contributed by atoms with van der Waals surface area (Å²) in [5, 5.41) is 0.757. The van der Waals surface area contributed by atoms with Crippen LogP contribution in [-0.2, 0) is 11.3 Å². The van der Waals surface area contributed by atoms with Crippen molar-refractivity contribution in [3.05, 3.63) is 33.3 Å². The fraction of sp³-hybridized carbons (Fsp3) is 0.417. The lowest BCUT2D eigenvalue weighted by atomic mass is 10.1. The van der Waals surface area contributed by atoms with Gasteiger partial charge in [0.05, 0.1) is 6.54 Å². The molecule has 16 heavy (non-hydrogen) atoms. The van der Waals surface area contributed by atoms with Crippen molar-refractivity contribution >= 4 is 33.3 Å². The van der Waals surface area contributed by atoms with Gasteiger partial charge in [-0.3, -0.25) is 9.69 Å². The third-order valence-corrected chi connectivity index (χ3v) is 3.58. The quantitative estimate of drug-likeness (QED) is 0.836. The van der Waals surface area contributed by atoms with Crippen LogP contribution in [0.5, 0.6) is 0 Å². The van der Waals surface area contributed by atoms with Gasteiger partial charge in [-0.15, -0.1) is 0 Å². The van der Waals surface area contributed by atoms with Gasteiger partial charge >= 0.3 is 0 Å². The van der Waals surface area contributed by atoms with Crippen LogP contribution in [-0.4, -0.2) is 23.8 Å². The second-order valence-corrected chi connectivity index (χ2v) is 5.41. The molecular weight excluding hydrogens is 289 g/mol. The number of piperidine rings is 1. The van der Waals surface area contributed by atoms with Crippen molar-refractivity contribution in [2.24, 2.45) is 0 Å². The lowest BCUT2D eigenvalue weighted by Crippen LogP contribution is -2.35. The topological polar surface area (TPSA) is 20.3 Å². The Morgan fingerprint density at radius 1 is 1.44 bits per heavy atom. The molecule has 0 saturated carbocycles. The summed E-state index contributed by atoms with van der Waals surface area (Å²) >= 11 is 9.52. The van der Waals surface area contributed by atoms with Crippen LogP contribution in [0.15, 0.2) is 22.7 Å². The zero-order chi connectivity index (χ0) is 11.5. The van der Waals surface area contributed by atoms with Crippen LogP contribution in [0, 0.1) is 0 Å². The summed E-state index contributed by atoms with van der Waals surface area (Å²) in [6.07, 6.45) is 1.69. The first-order valence-corrected chi connectivity index (χ1v) is 6.50. The number of benzene rings is 1. The molecule has 0 amide bonds. The van der Waals surface area contributed by atoms with E-state index in [1.807, 2.05) is 18.2 Å². The predicted octanol–water partition coefficient (Wildman–Crippen LogP) is 3.27. The van der Waals surface area contributed by atoms with Gasteiger partial charge in [0.25, 0.3) is 0 Å². The maximum Gasteiger partial charge on any atom is 0.146 e. The molecule has 0 spiro atoms. The zero-order valence-electron chi connectivity index (χ0n) is 8.88. The molecule has 0 unspecified atom stereocenters. The highest BCUT2D eigenvalue weighted by atomic mass is 79.9. The van der Waals surface area contributed by atoms with Crippen molar-refractivity contribution in [3.8, 4) is 0 Å². The number of carbonyl (C=O) groups is 1. The molecule has 1 aromatic carbocycles. The number of carbonyl (C=O) groups excluding carboxylic acids is 1. The number of hydrogen-bond acceptors (Lipinski definition) is 2. The molecule has 0 radical (unpaired) electrons. The van der Waals surface area contributed by atoms with E-state index in [4.69, 9.17) is 11.6 Å². The van der Waals surface area contributed by atoms with Crippen LogP contribution < -0.4 is 0 Å². The number of rotatable bonds is 2. The molecular formula is C12H13BrClNO. The van der Waals surface area contributed by atoms with Gasteiger partial charge in [-0.05, 0) is 30.7 Å². The van der Waals surface area contributed by atoms with Gasteiger partial charge in [0.1, 0.15) is 5.78 Å². The molecule has 1 aromatic rings. The van der Waals surface area contributed by atoms with Gasteiger partial charge in [0.2, 0.25) is 0 Å². The lowest BCUT2D eigenvalue weighted by molar-refractivity contribution is -0.122. The largest absolute Gasteiger partial charge is 0.298 e. The molecule has 1 fully saturated rings. The standard InChI is InChI=1S/C12H13BrClNO/c13-10-4-3-9(12(14)6-10)7-15-5-1-2-11(16)8-15/h3-4,6H,1-2,5,7-8H2. The average molecular weight is 303 g/mol. The second kappa shape index (κ2) is 5.30. The Bertz CT molecular complexity index is 408. The minimum atomic E-state index is 0.333. The molecule has 1 aliphatic heterocycles. The number of Topliss-reactive ketones (excluding diaryl/α,β-unsaturated/α-hetero) is 1. The first-order chi connectivity index (χ1) is 7.65. The number of hydrogen-bond donors (Lipinski definition) is 0. The third-order valence-electron chi connectivity index (χ3n) is 2.74. The maximum atomic E-state index is 11.3. The van der Waals surface area contributed by atoms with Gasteiger partial charge in [-0.25, -0.2) is 0 Å². The first kappa shape index (κ1) is 12.1. The van der Waals surface area contributed by atoms with E-state index in [2.05, 4.69) is 20.8 Å². The van der Waals surface area contributed by atoms with Crippen LogP contribution in [0.25, 0.3) is 0 Å². The smallest absolute Gasteiger partial charge is 0.146 e. The fourth-order valence-electron chi connectivity index (χ4n) is 1.93. The predicted molar refractivity (Wildman–Crippen MR) is 68.7 cm³/mol. The summed E-state index contributed by atoms with van der Waals surface area (Å²) < 4.78 is 0.982. The fourth-order valence-corrected chi connectivity index (χ4v) is 2.67. The van der Waals surface area contributed by atoms with E-state index in [-0.39, 0.29) is 0 Å². The van der Waals surface area contributed by atoms with Crippen LogP contribution >= 0.6 is 27.5 Å². The van der Waals surface area contributed by atoms with Gasteiger partial charge < -0.3 is 0 Å².